The molecular weight excluding hydrogens is 2020 g/mol. The van der Waals surface area contributed by atoms with Crippen LogP contribution in [0.2, 0.25) is 0 Å². The van der Waals surface area contributed by atoms with Crippen molar-refractivity contribution in [2.45, 2.75) is 272 Å². The quantitative estimate of drug-likeness (QED) is 0.0232. The van der Waals surface area contributed by atoms with Crippen LogP contribution in [0.25, 0.3) is 21.5 Å². The smallest absolute Gasteiger partial charge is 0.322 e. The summed E-state index contributed by atoms with van der Waals surface area (Å²) < 4.78 is 249. The number of esters is 10. The molecule has 0 aromatic heterocycles. The van der Waals surface area contributed by atoms with Gasteiger partial charge in [0.05, 0.1) is 50.3 Å². The maximum atomic E-state index is 11.3. The highest BCUT2D eigenvalue weighted by atomic mass is 32.2. The van der Waals surface area contributed by atoms with E-state index >= 15 is 0 Å². The zero-order chi connectivity index (χ0) is 111. The highest BCUT2D eigenvalue weighted by molar-refractivity contribution is 7.88. The van der Waals surface area contributed by atoms with Crippen molar-refractivity contribution in [1.82, 2.24) is 0 Å². The molecule has 4 aromatic rings. The van der Waals surface area contributed by atoms with Gasteiger partial charge in [-0.25, -0.2) is 50.5 Å². The Balaban J connectivity index is -0.000000726. The summed E-state index contributed by atoms with van der Waals surface area (Å²) in [5.41, 5.74) is 0. The maximum Gasteiger partial charge on any atom is 0.322 e. The maximum absolute atomic E-state index is 11.3. The van der Waals surface area contributed by atoms with Crippen molar-refractivity contribution in [2.24, 2.45) is 65.1 Å². The topological polar surface area (TPSA) is 650 Å². The monoisotopic (exact) mass is 2170 g/mol. The Morgan fingerprint density at radius 3 is 0.706 bits per heavy atom. The van der Waals surface area contributed by atoms with Crippen molar-refractivity contribution in [2.75, 3.05) is 81.1 Å². The van der Waals surface area contributed by atoms with Gasteiger partial charge >= 0.3 is 59.7 Å². The average molecular weight is 2170 g/mol. The van der Waals surface area contributed by atoms with Gasteiger partial charge in [-0.2, -0.15) is 8.42 Å². The number of hydrogen-bond acceptors (Lipinski definition) is 41. The molecule has 4 aromatic carbocycles. The molecule has 10 bridgehead atoms. The number of hydrogen-bond donors (Lipinski definition) is 0. The largest absolute Gasteiger partial charge is 0.748 e. The van der Waals surface area contributed by atoms with Crippen LogP contribution in [0.4, 0.5) is 0 Å². The van der Waals surface area contributed by atoms with Crippen molar-refractivity contribution in [3.05, 3.63) is 97.1 Å². The lowest BCUT2D eigenvalue weighted by Crippen LogP contribution is -2.38. The molecule has 826 valence electrons. The molecule has 2 heterocycles. The second kappa shape index (κ2) is 76.1. The molecule has 48 heteroatoms. The van der Waals surface area contributed by atoms with Crippen LogP contribution in [-0.2, 0) is 170 Å². The lowest BCUT2D eigenvalue weighted by molar-refractivity contribution is -0.165. The Hall–Kier alpha value is -8.53. The molecule has 0 amide bonds. The van der Waals surface area contributed by atoms with Crippen LogP contribution in [0.5, 0.6) is 0 Å². The van der Waals surface area contributed by atoms with Gasteiger partial charge in [0.1, 0.15) is 101 Å². The van der Waals surface area contributed by atoms with Gasteiger partial charge in [0.2, 0.25) is 13.6 Å². The van der Waals surface area contributed by atoms with E-state index in [-0.39, 0.29) is 49.7 Å². The minimum Gasteiger partial charge on any atom is -0.748 e. The Labute approximate surface area is 847 Å². The van der Waals surface area contributed by atoms with Crippen LogP contribution in [0.1, 0.15) is 254 Å². The Morgan fingerprint density at radius 1 is 0.301 bits per heavy atom. The van der Waals surface area contributed by atoms with Crippen LogP contribution in [0.15, 0.2) is 97.1 Å². The normalized spacial score (nSPS) is 21.7. The van der Waals surface area contributed by atoms with Crippen molar-refractivity contribution < 1.29 is 186 Å². The van der Waals surface area contributed by atoms with E-state index in [1.165, 1.54) is 91.2 Å². The number of benzene rings is 4. The number of carbonyl (C=O) groups excluding carboxylic acids is 10. The molecule has 0 spiro atoms. The van der Waals surface area contributed by atoms with E-state index in [4.69, 9.17) is 8.92 Å². The van der Waals surface area contributed by atoms with Crippen LogP contribution in [0.3, 0.4) is 0 Å². The molecule has 41 nitrogen and oxygen atoms in total. The molecule has 8 atom stereocenters. The third kappa shape index (κ3) is 68.5. The highest BCUT2D eigenvalue weighted by Crippen LogP contribution is 2.56. The number of carbonyl (C=O) groups is 10. The number of fused-ring (bicyclic) bond motifs is 6. The van der Waals surface area contributed by atoms with Gasteiger partial charge in [-0.3, -0.25) is 52.1 Å². The summed E-state index contributed by atoms with van der Waals surface area (Å²) in [5, 5.41) is 5.11. The van der Waals surface area contributed by atoms with E-state index in [9.17, 15) is 134 Å². The first-order valence-electron chi connectivity index (χ1n) is 48.0. The van der Waals surface area contributed by atoms with Gasteiger partial charge in [0.15, 0.2) is 0 Å². The molecule has 8 unspecified atom stereocenters. The predicted molar refractivity (Wildman–Crippen MR) is 527 cm³/mol. The zero-order valence-electron chi connectivity index (χ0n) is 85.8. The van der Waals surface area contributed by atoms with Gasteiger partial charge in [-0.15, -0.1) is 0 Å². The number of rotatable bonds is 22. The van der Waals surface area contributed by atoms with Crippen LogP contribution >= 0.6 is 0 Å². The molecule has 0 N–H and O–H groups in total. The fraction of sp³-hybridized carbons (Fsp3) is 0.684. The van der Waals surface area contributed by atoms with E-state index in [1.807, 2.05) is 83.1 Å². The summed E-state index contributed by atoms with van der Waals surface area (Å²) in [6.07, 6.45) is 24.8. The Morgan fingerprint density at radius 2 is 0.524 bits per heavy atom. The minimum absolute atomic E-state index is 0.0590. The van der Waals surface area contributed by atoms with Gasteiger partial charge in [0.25, 0.3) is 10.1 Å². The van der Waals surface area contributed by atoms with E-state index in [1.54, 1.807) is 84.5 Å². The fourth-order valence-corrected chi connectivity index (χ4v) is 20.8. The van der Waals surface area contributed by atoms with E-state index in [2.05, 4.69) is 140 Å². The summed E-state index contributed by atoms with van der Waals surface area (Å²) in [6, 6.07) is 33.4. The molecular formula is C95H152O41S7-6. The van der Waals surface area contributed by atoms with Crippen molar-refractivity contribution in [1.29, 1.82) is 0 Å². The molecule has 12 aliphatic rings. The van der Waals surface area contributed by atoms with Gasteiger partial charge in [-0.05, 0) is 187 Å². The minimum atomic E-state index is -4.64. The van der Waals surface area contributed by atoms with Crippen LogP contribution in [-0.4, -0.2) is 245 Å². The van der Waals surface area contributed by atoms with Gasteiger partial charge in [-0.1, -0.05) is 213 Å². The van der Waals surface area contributed by atoms with Crippen molar-refractivity contribution >= 4 is 152 Å². The third-order valence-electron chi connectivity index (χ3n) is 21.1. The van der Waals surface area contributed by atoms with Gasteiger partial charge in [0, 0.05) is 32.1 Å². The summed E-state index contributed by atoms with van der Waals surface area (Å²) >= 11 is 0. The third-order valence-corrected chi connectivity index (χ3v) is 26.5. The van der Waals surface area contributed by atoms with E-state index in [0.29, 0.717) is 42.8 Å². The molecule has 2 saturated heterocycles. The molecule has 10 aliphatic carbocycles. The standard InChI is InChI=1S/C10H16.2C10H8.C8H10O2.C7H10O3S.C7H12.2C5H8O7S.C5H10O2.4C4H8O5S.6C2H6/c1-7-2-9-4-8(1)5-10(3-7)6-9;2*1-2-6-10-8-4-3-7-9(10)5-1;9-8-6-2-4-1-5(6)7(3-4)10-8;8-11(9)7-3-4-1-5(7)6(2-4)10-11;1-2-7-4-3-6(1)5-7;2*1-4(6)11-3-12-5(7)2-13(8,9)10;1-3-5(6)7-4-2;4*1-2-9-4(5)3-10(6,7)8;6*1-2/h7-10H,1-6H2;2*1-8H;4-7H,1-3H2;4-7H,1-3H2;6-7H,1-5H2;2*2-3H2,1H3,(H,8,9,10);3-4H2,1-2H3;4*2-3H2,1H3,(H,6,7,8);6*1-2H3/p-6. The lowest BCUT2D eigenvalue weighted by Gasteiger charge is -2.49. The lowest BCUT2D eigenvalue weighted by atomic mass is 9.56. The molecule has 2 aliphatic heterocycles. The summed E-state index contributed by atoms with van der Waals surface area (Å²) in [5.74, 6) is -4.98. The van der Waals surface area contributed by atoms with Crippen molar-refractivity contribution in [3.8, 4) is 0 Å². The molecule has 12 fully saturated rings. The zero-order valence-corrected chi connectivity index (χ0v) is 91.6. The molecule has 16 rings (SSSR count). The second-order valence-corrected chi connectivity index (χ2v) is 41.8. The fourth-order valence-electron chi connectivity index (χ4n) is 16.6. The summed E-state index contributed by atoms with van der Waals surface area (Å²) in [6.45, 7) is 35.3. The van der Waals surface area contributed by atoms with Gasteiger partial charge < -0.3 is 74.7 Å². The van der Waals surface area contributed by atoms with E-state index < -0.39 is 167 Å². The molecule has 10 saturated carbocycles. The van der Waals surface area contributed by atoms with E-state index in [0.717, 1.165) is 51.9 Å². The Kier molecular flexibility index (Phi) is 74.9. The second-order valence-electron chi connectivity index (χ2n) is 31.5. The summed E-state index contributed by atoms with van der Waals surface area (Å²) in [7, 11) is -30.3. The first kappa shape index (κ1) is 141. The first-order chi connectivity index (χ1) is 67.0. The average Bonchev–Trinajstić information content (AvgIpc) is 1.57. The Bertz CT molecular complexity index is 4670. The summed E-state index contributed by atoms with van der Waals surface area (Å²) in [4.78, 5) is 103. The SMILES string of the molecule is C1C2CC3CC1CC(C2)C3.C1CC2CCC1C2.CC.CC.CC.CC.CC.CC.CC(=O)OCOC(=O)CS(=O)(=O)[O-].CC(=O)OCOC(=O)CS(=O)(=O)[O-].CCOC(=O)CC.CCOC(=O)CS(=O)(=O)[O-].CCOC(=O)CS(=O)(=O)[O-].CCOC(=O)CS(=O)(=O)[O-].CCOC(=O)CS(=O)(=O)[O-].O=C1OC2CC3CC1C2C3.O=S1(=O)OC2CC3CC2C1C3.c1ccc2ccccc2c1.c1ccc2ccccc2c1. The predicted octanol–water partition coefficient (Wildman–Crippen LogP) is 12.9. The number of ether oxygens (including phenoxy) is 10. The molecule has 0 radical (unpaired) electrons. The molecule has 143 heavy (non-hydrogen) atoms. The highest BCUT2D eigenvalue weighted by Gasteiger charge is 2.59. The van der Waals surface area contributed by atoms with Crippen molar-refractivity contribution in [3.63, 3.8) is 0 Å². The van der Waals surface area contributed by atoms with Crippen LogP contribution in [0, 0.1) is 65.1 Å². The van der Waals surface area contributed by atoms with Crippen LogP contribution < -0.4 is 0 Å². The first-order valence-corrected chi connectivity index (χ1v) is 59.0.